The number of nitrogens with two attached hydrogens (primary N) is 1. The number of carbonyl (C=O) groups is 2. The highest BCUT2D eigenvalue weighted by Gasteiger charge is 2.22. The minimum atomic E-state index is -0.318. The Morgan fingerprint density at radius 2 is 1.83 bits per heavy atom. The van der Waals surface area contributed by atoms with Crippen molar-refractivity contribution in [1.29, 1.82) is 0 Å². The van der Waals surface area contributed by atoms with E-state index in [2.05, 4.69) is 10.2 Å². The van der Waals surface area contributed by atoms with Crippen molar-refractivity contribution in [2.24, 2.45) is 5.73 Å². The highest BCUT2D eigenvalue weighted by molar-refractivity contribution is 6.30. The second-order valence-corrected chi connectivity index (χ2v) is 5.72. The number of rotatable bonds is 4. The average molecular weight is 398 g/mol. The first kappa shape index (κ1) is 22.8. The molecular weight excluding hydrogens is 375 g/mol. The van der Waals surface area contributed by atoms with E-state index < -0.39 is 0 Å². The molecule has 2 amide bonds. The van der Waals surface area contributed by atoms with Crippen LogP contribution < -0.4 is 16.0 Å². The molecule has 0 atom stereocenters. The van der Waals surface area contributed by atoms with Crippen molar-refractivity contribution in [2.45, 2.75) is 6.92 Å². The maximum absolute atomic E-state index is 12.0. The highest BCUT2D eigenvalue weighted by Crippen LogP contribution is 2.25. The van der Waals surface area contributed by atoms with Crippen molar-refractivity contribution >= 4 is 53.9 Å². The molecule has 1 aromatic carbocycles. The predicted molar refractivity (Wildman–Crippen MR) is 102 cm³/mol. The van der Waals surface area contributed by atoms with Crippen LogP contribution in [0.3, 0.4) is 0 Å². The highest BCUT2D eigenvalue weighted by atomic mass is 35.5. The molecule has 1 aliphatic heterocycles. The van der Waals surface area contributed by atoms with Gasteiger partial charge in [-0.1, -0.05) is 17.7 Å². The van der Waals surface area contributed by atoms with Crippen molar-refractivity contribution < 1.29 is 9.59 Å². The van der Waals surface area contributed by atoms with Gasteiger partial charge in [-0.05, 0) is 24.6 Å². The first-order valence-corrected chi connectivity index (χ1v) is 7.64. The topological polar surface area (TPSA) is 78.7 Å². The van der Waals surface area contributed by atoms with E-state index in [0.29, 0.717) is 18.1 Å². The molecule has 0 unspecified atom stereocenters. The summed E-state index contributed by atoms with van der Waals surface area (Å²) in [4.78, 5) is 27.1. The van der Waals surface area contributed by atoms with E-state index in [0.717, 1.165) is 18.8 Å². The van der Waals surface area contributed by atoms with E-state index in [1.54, 1.807) is 4.90 Å². The number of hydrogen-bond donors (Lipinski definition) is 2. The van der Waals surface area contributed by atoms with Crippen molar-refractivity contribution in [2.75, 3.05) is 44.2 Å². The summed E-state index contributed by atoms with van der Waals surface area (Å²) < 4.78 is 0. The quantitative estimate of drug-likeness (QED) is 0.800. The monoisotopic (exact) mass is 396 g/mol. The second kappa shape index (κ2) is 10.6. The van der Waals surface area contributed by atoms with E-state index in [1.165, 1.54) is 5.56 Å². The molecule has 0 aliphatic carbocycles. The first-order valence-electron chi connectivity index (χ1n) is 7.27. The van der Waals surface area contributed by atoms with Crippen LogP contribution in [0.1, 0.15) is 5.56 Å². The summed E-state index contributed by atoms with van der Waals surface area (Å²) in [5, 5.41) is 3.21. The molecule has 24 heavy (non-hydrogen) atoms. The summed E-state index contributed by atoms with van der Waals surface area (Å²) in [6.07, 6.45) is 0. The van der Waals surface area contributed by atoms with Gasteiger partial charge >= 0.3 is 0 Å². The van der Waals surface area contributed by atoms with Crippen molar-refractivity contribution in [3.63, 3.8) is 0 Å². The largest absolute Gasteiger partial charge is 0.368 e. The first-order chi connectivity index (χ1) is 10.5. The minimum Gasteiger partial charge on any atom is -0.368 e. The van der Waals surface area contributed by atoms with Crippen molar-refractivity contribution in [3.8, 4) is 0 Å². The maximum Gasteiger partial charge on any atom is 0.242 e. The molecule has 6 nitrogen and oxygen atoms in total. The van der Waals surface area contributed by atoms with Crippen LogP contribution in [0.4, 0.5) is 5.69 Å². The lowest BCUT2D eigenvalue weighted by Gasteiger charge is -2.37. The summed E-state index contributed by atoms with van der Waals surface area (Å²) in [7, 11) is 0. The summed E-state index contributed by atoms with van der Waals surface area (Å²) in [5.74, 6) is -0.397. The Morgan fingerprint density at radius 1 is 1.21 bits per heavy atom. The fourth-order valence-corrected chi connectivity index (χ4v) is 2.64. The number of nitrogens with zero attached hydrogens (tertiary/aromatic N) is 2. The molecule has 0 bridgehead atoms. The third-order valence-corrected chi connectivity index (χ3v) is 4.00. The number of aryl methyl sites for hydroxylation is 1. The summed E-state index contributed by atoms with van der Waals surface area (Å²) in [6, 6.07) is 5.83. The predicted octanol–water partition coefficient (Wildman–Crippen LogP) is 1.22. The van der Waals surface area contributed by atoms with Gasteiger partial charge in [0.05, 0.1) is 13.1 Å². The standard InChI is InChI=1S/C15H21ClN4O2.2ClH/c1-11-2-3-12(16)8-13(11)19-4-6-20(7-5-19)15(22)10-18-14(21)9-17;;/h2-3,8H,4-7,9-10,17H2,1H3,(H,18,21);2*1H. The van der Waals surface area contributed by atoms with Crippen LogP contribution >= 0.6 is 36.4 Å². The maximum atomic E-state index is 12.0. The molecule has 1 saturated heterocycles. The minimum absolute atomic E-state index is 0. The summed E-state index contributed by atoms with van der Waals surface area (Å²) >= 11 is 6.06. The van der Waals surface area contributed by atoms with Gasteiger partial charge in [0.2, 0.25) is 11.8 Å². The molecule has 0 aromatic heterocycles. The van der Waals surface area contributed by atoms with Gasteiger partial charge in [0.25, 0.3) is 0 Å². The number of piperazine rings is 1. The van der Waals surface area contributed by atoms with Gasteiger partial charge in [-0.2, -0.15) is 0 Å². The zero-order chi connectivity index (χ0) is 16.1. The van der Waals surface area contributed by atoms with E-state index >= 15 is 0 Å². The molecule has 136 valence electrons. The molecular formula is C15H23Cl3N4O2. The van der Waals surface area contributed by atoms with Gasteiger partial charge in [-0.15, -0.1) is 24.8 Å². The van der Waals surface area contributed by atoms with Gasteiger partial charge in [0.15, 0.2) is 0 Å². The molecule has 1 aromatic rings. The Hall–Kier alpha value is -1.21. The normalized spacial score (nSPS) is 13.6. The number of amides is 2. The molecule has 0 radical (unpaired) electrons. The van der Waals surface area contributed by atoms with Gasteiger partial charge in [-0.25, -0.2) is 0 Å². The van der Waals surface area contributed by atoms with Crippen molar-refractivity contribution in [3.05, 3.63) is 28.8 Å². The van der Waals surface area contributed by atoms with Crippen LogP contribution in [0.5, 0.6) is 0 Å². The average Bonchev–Trinajstić information content (AvgIpc) is 2.54. The lowest BCUT2D eigenvalue weighted by atomic mass is 10.1. The molecule has 9 heteroatoms. The summed E-state index contributed by atoms with van der Waals surface area (Å²) in [5.41, 5.74) is 7.46. The zero-order valence-electron chi connectivity index (χ0n) is 13.5. The molecule has 0 saturated carbocycles. The Bertz CT molecular complexity index is 564. The third kappa shape index (κ3) is 6.02. The van der Waals surface area contributed by atoms with Crippen LogP contribution in [-0.2, 0) is 9.59 Å². The molecule has 2 rings (SSSR count). The van der Waals surface area contributed by atoms with E-state index in [4.69, 9.17) is 17.3 Å². The number of carbonyl (C=O) groups excluding carboxylic acids is 2. The van der Waals surface area contributed by atoms with E-state index in [-0.39, 0.29) is 49.7 Å². The van der Waals surface area contributed by atoms with Crippen LogP contribution in [0.2, 0.25) is 5.02 Å². The number of nitrogens with one attached hydrogen (secondary N) is 1. The number of benzene rings is 1. The van der Waals surface area contributed by atoms with Crippen LogP contribution in [-0.4, -0.2) is 56.0 Å². The molecule has 1 fully saturated rings. The van der Waals surface area contributed by atoms with Crippen LogP contribution in [0.15, 0.2) is 18.2 Å². The van der Waals surface area contributed by atoms with Crippen LogP contribution in [0.25, 0.3) is 0 Å². The third-order valence-electron chi connectivity index (χ3n) is 3.77. The van der Waals surface area contributed by atoms with Gasteiger partial charge in [0, 0.05) is 36.9 Å². The number of hydrogen-bond acceptors (Lipinski definition) is 4. The Balaban J connectivity index is 0.00000264. The number of anilines is 1. The van der Waals surface area contributed by atoms with Gasteiger partial charge < -0.3 is 20.9 Å². The van der Waals surface area contributed by atoms with Gasteiger partial charge in [0.1, 0.15) is 0 Å². The van der Waals surface area contributed by atoms with E-state index in [9.17, 15) is 9.59 Å². The Kier molecular flexibility index (Phi) is 10.1. The molecule has 1 aliphatic rings. The number of halogens is 3. The Labute approximate surface area is 159 Å². The molecule has 1 heterocycles. The van der Waals surface area contributed by atoms with Crippen LogP contribution in [0, 0.1) is 6.92 Å². The lowest BCUT2D eigenvalue weighted by Crippen LogP contribution is -2.51. The second-order valence-electron chi connectivity index (χ2n) is 5.28. The lowest BCUT2D eigenvalue weighted by molar-refractivity contribution is -0.132. The zero-order valence-corrected chi connectivity index (χ0v) is 15.8. The SMILES string of the molecule is Cc1ccc(Cl)cc1N1CCN(C(=O)CNC(=O)CN)CC1.Cl.Cl. The smallest absolute Gasteiger partial charge is 0.242 e. The molecule has 0 spiro atoms. The summed E-state index contributed by atoms with van der Waals surface area (Å²) in [6.45, 7) is 4.70. The molecule has 3 N–H and O–H groups in total. The fourth-order valence-electron chi connectivity index (χ4n) is 2.48. The van der Waals surface area contributed by atoms with Crippen molar-refractivity contribution in [1.82, 2.24) is 10.2 Å². The van der Waals surface area contributed by atoms with E-state index in [1.807, 2.05) is 25.1 Å². The Morgan fingerprint density at radius 3 is 2.42 bits per heavy atom. The fraction of sp³-hybridized carbons (Fsp3) is 0.467. The van der Waals surface area contributed by atoms with Gasteiger partial charge in [-0.3, -0.25) is 9.59 Å².